The maximum atomic E-state index is 14.3. The highest BCUT2D eigenvalue weighted by Gasteiger charge is 2.20. The lowest BCUT2D eigenvalue weighted by Gasteiger charge is -2.22. The Hall–Kier alpha value is -1.38. The molecule has 1 N–H and O–H groups in total. The lowest BCUT2D eigenvalue weighted by molar-refractivity contribution is 0.546. The Bertz CT molecular complexity index is 625. The third-order valence-corrected chi connectivity index (χ3v) is 3.86. The van der Waals surface area contributed by atoms with Gasteiger partial charge < -0.3 is 5.32 Å². The molecule has 1 unspecified atom stereocenters. The van der Waals surface area contributed by atoms with Gasteiger partial charge in [0.05, 0.1) is 6.04 Å². The van der Waals surface area contributed by atoms with Gasteiger partial charge in [0.2, 0.25) is 0 Å². The number of hydrogen-bond acceptors (Lipinski definition) is 1. The van der Waals surface area contributed by atoms with Crippen molar-refractivity contribution >= 4 is 11.6 Å². The maximum Gasteiger partial charge on any atom is 0.128 e. The van der Waals surface area contributed by atoms with Crippen molar-refractivity contribution in [1.82, 2.24) is 5.32 Å². The van der Waals surface area contributed by atoms with E-state index >= 15 is 0 Å². The predicted molar refractivity (Wildman–Crippen MR) is 87.5 cm³/mol. The first kappa shape index (κ1) is 16.0. The molecule has 21 heavy (non-hydrogen) atoms. The third kappa shape index (κ3) is 3.84. The highest BCUT2D eigenvalue weighted by molar-refractivity contribution is 6.31. The molecule has 3 heteroatoms. The van der Waals surface area contributed by atoms with Crippen LogP contribution in [-0.4, -0.2) is 6.54 Å². The molecular weight excluding hydrogens is 285 g/mol. The lowest BCUT2D eigenvalue weighted by atomic mass is 9.95. The van der Waals surface area contributed by atoms with Crippen molar-refractivity contribution in [1.29, 1.82) is 0 Å². The minimum Gasteiger partial charge on any atom is -0.306 e. The van der Waals surface area contributed by atoms with E-state index in [1.807, 2.05) is 38.1 Å². The number of aryl methyl sites for hydroxylation is 2. The molecule has 2 aromatic rings. The van der Waals surface area contributed by atoms with Gasteiger partial charge in [0, 0.05) is 10.6 Å². The Morgan fingerprint density at radius 1 is 1.05 bits per heavy atom. The second-order valence-corrected chi connectivity index (χ2v) is 5.84. The van der Waals surface area contributed by atoms with Gasteiger partial charge in [-0.3, -0.25) is 0 Å². The van der Waals surface area contributed by atoms with Crippen molar-refractivity contribution in [2.75, 3.05) is 6.54 Å². The smallest absolute Gasteiger partial charge is 0.128 e. The molecule has 0 bridgehead atoms. The minimum atomic E-state index is -0.224. The minimum absolute atomic E-state index is 0.203. The Morgan fingerprint density at radius 2 is 1.71 bits per heavy atom. The molecule has 0 saturated heterocycles. The topological polar surface area (TPSA) is 12.0 Å². The molecule has 0 amide bonds. The summed E-state index contributed by atoms with van der Waals surface area (Å²) in [6.07, 6.45) is 0.980. The van der Waals surface area contributed by atoms with Crippen LogP contribution in [0.1, 0.15) is 41.6 Å². The standard InChI is InChI=1S/C18H21ClFN/c1-4-9-21-18(14-7-5-13(3)11-16(14)19)15-10-12(2)6-8-17(15)20/h5-8,10-11,18,21H,4,9H2,1-3H3. The largest absolute Gasteiger partial charge is 0.306 e. The first-order valence-electron chi connectivity index (χ1n) is 7.28. The number of nitrogens with one attached hydrogen (secondary N) is 1. The van der Waals surface area contributed by atoms with Crippen LogP contribution in [0.25, 0.3) is 0 Å². The summed E-state index contributed by atoms with van der Waals surface area (Å²) < 4.78 is 14.3. The van der Waals surface area contributed by atoms with Gasteiger partial charge in [-0.2, -0.15) is 0 Å². The zero-order valence-electron chi connectivity index (χ0n) is 12.7. The molecule has 0 heterocycles. The number of rotatable bonds is 5. The Morgan fingerprint density at radius 3 is 2.38 bits per heavy atom. The van der Waals surface area contributed by atoms with Gasteiger partial charge in [-0.25, -0.2) is 4.39 Å². The molecule has 2 rings (SSSR count). The van der Waals surface area contributed by atoms with E-state index in [0.717, 1.165) is 29.7 Å². The second-order valence-electron chi connectivity index (χ2n) is 5.44. The average molecular weight is 306 g/mol. The summed E-state index contributed by atoms with van der Waals surface area (Å²) in [7, 11) is 0. The monoisotopic (exact) mass is 305 g/mol. The molecular formula is C18H21ClFN. The highest BCUT2D eigenvalue weighted by atomic mass is 35.5. The normalized spacial score (nSPS) is 12.4. The molecule has 112 valence electrons. The van der Waals surface area contributed by atoms with Crippen molar-refractivity contribution < 1.29 is 4.39 Å². The quantitative estimate of drug-likeness (QED) is 0.802. The van der Waals surface area contributed by atoms with Crippen LogP contribution in [0, 0.1) is 19.7 Å². The summed E-state index contributed by atoms with van der Waals surface area (Å²) in [6, 6.07) is 10.9. The van der Waals surface area contributed by atoms with Gasteiger partial charge in [0.25, 0.3) is 0 Å². The number of hydrogen-bond donors (Lipinski definition) is 1. The number of benzene rings is 2. The first-order chi connectivity index (χ1) is 10.0. The summed E-state index contributed by atoms with van der Waals surface area (Å²) in [6.45, 7) is 6.86. The lowest BCUT2D eigenvalue weighted by Crippen LogP contribution is -2.24. The Kier molecular flexibility index (Phi) is 5.38. The SMILES string of the molecule is CCCNC(c1cc(C)ccc1F)c1ccc(C)cc1Cl. The molecule has 0 aliphatic rings. The van der Waals surface area contributed by atoms with Crippen LogP contribution in [0.15, 0.2) is 36.4 Å². The fraction of sp³-hybridized carbons (Fsp3) is 0.333. The van der Waals surface area contributed by atoms with Crippen LogP contribution < -0.4 is 5.32 Å². The van der Waals surface area contributed by atoms with E-state index in [1.165, 1.54) is 6.07 Å². The highest BCUT2D eigenvalue weighted by Crippen LogP contribution is 2.31. The average Bonchev–Trinajstić information content (AvgIpc) is 2.44. The van der Waals surface area contributed by atoms with Crippen molar-refractivity contribution in [3.05, 3.63) is 69.5 Å². The second kappa shape index (κ2) is 7.06. The van der Waals surface area contributed by atoms with Crippen molar-refractivity contribution in [2.24, 2.45) is 0 Å². The third-order valence-electron chi connectivity index (χ3n) is 3.53. The van der Waals surface area contributed by atoms with E-state index in [2.05, 4.69) is 12.2 Å². The zero-order valence-corrected chi connectivity index (χ0v) is 13.5. The molecule has 0 aromatic heterocycles. The summed E-state index contributed by atoms with van der Waals surface area (Å²) in [5.74, 6) is -0.203. The summed E-state index contributed by atoms with van der Waals surface area (Å²) in [5, 5.41) is 4.08. The van der Waals surface area contributed by atoms with Crippen LogP contribution in [-0.2, 0) is 0 Å². The number of halogens is 2. The predicted octanol–water partition coefficient (Wildman–Crippen LogP) is 5.18. The molecule has 0 radical (unpaired) electrons. The Labute approximate surface area is 131 Å². The zero-order chi connectivity index (χ0) is 15.4. The molecule has 0 aliphatic heterocycles. The van der Waals surface area contributed by atoms with Crippen LogP contribution >= 0.6 is 11.6 Å². The molecule has 0 saturated carbocycles. The van der Waals surface area contributed by atoms with E-state index in [9.17, 15) is 4.39 Å². The van der Waals surface area contributed by atoms with E-state index < -0.39 is 0 Å². The summed E-state index contributed by atoms with van der Waals surface area (Å²) in [4.78, 5) is 0. The van der Waals surface area contributed by atoms with Crippen molar-refractivity contribution in [3.8, 4) is 0 Å². The summed E-state index contributed by atoms with van der Waals surface area (Å²) >= 11 is 6.38. The van der Waals surface area contributed by atoms with Crippen LogP contribution in [0.3, 0.4) is 0 Å². The van der Waals surface area contributed by atoms with E-state index in [1.54, 1.807) is 6.07 Å². The molecule has 0 spiro atoms. The molecule has 1 atom stereocenters. The van der Waals surface area contributed by atoms with Gasteiger partial charge in [0.15, 0.2) is 0 Å². The van der Waals surface area contributed by atoms with Crippen LogP contribution in [0.4, 0.5) is 4.39 Å². The van der Waals surface area contributed by atoms with Crippen molar-refractivity contribution in [3.63, 3.8) is 0 Å². The van der Waals surface area contributed by atoms with E-state index in [-0.39, 0.29) is 11.9 Å². The molecule has 1 nitrogen and oxygen atoms in total. The van der Waals surface area contributed by atoms with Gasteiger partial charge >= 0.3 is 0 Å². The fourth-order valence-corrected chi connectivity index (χ4v) is 2.77. The van der Waals surface area contributed by atoms with Crippen LogP contribution in [0.2, 0.25) is 5.02 Å². The van der Waals surface area contributed by atoms with Gasteiger partial charge in [-0.1, -0.05) is 48.4 Å². The Balaban J connectivity index is 2.49. The van der Waals surface area contributed by atoms with Gasteiger partial charge in [-0.15, -0.1) is 0 Å². The van der Waals surface area contributed by atoms with Gasteiger partial charge in [-0.05, 0) is 50.1 Å². The van der Waals surface area contributed by atoms with Gasteiger partial charge in [0.1, 0.15) is 5.82 Å². The van der Waals surface area contributed by atoms with Crippen LogP contribution in [0.5, 0.6) is 0 Å². The van der Waals surface area contributed by atoms with E-state index in [0.29, 0.717) is 10.6 Å². The fourth-order valence-electron chi connectivity index (χ4n) is 2.43. The molecule has 0 aliphatic carbocycles. The maximum absolute atomic E-state index is 14.3. The van der Waals surface area contributed by atoms with E-state index in [4.69, 9.17) is 11.6 Å². The van der Waals surface area contributed by atoms with Crippen molar-refractivity contribution in [2.45, 2.75) is 33.2 Å². The molecule has 2 aromatic carbocycles. The molecule has 0 fully saturated rings. The first-order valence-corrected chi connectivity index (χ1v) is 7.66. The summed E-state index contributed by atoms with van der Waals surface area (Å²) in [5.41, 5.74) is 3.70.